The molecule has 0 radical (unpaired) electrons. The SMILES string of the molecule is Cn1ncc2cc(-c3cncc4nc(Nc5ccc6c(c5)NC(=O)C6(C)C)nn34)ccc21. The maximum absolute atomic E-state index is 12.2. The number of hydrogen-bond acceptors (Lipinski definition) is 6. The molecule has 0 unspecified atom stereocenters. The van der Waals surface area contributed by atoms with Crippen LogP contribution in [0.2, 0.25) is 0 Å². The molecule has 3 aromatic heterocycles. The van der Waals surface area contributed by atoms with E-state index in [4.69, 9.17) is 0 Å². The van der Waals surface area contributed by atoms with Crippen LogP contribution in [0.5, 0.6) is 0 Å². The molecule has 0 atom stereocenters. The maximum Gasteiger partial charge on any atom is 0.247 e. The summed E-state index contributed by atoms with van der Waals surface area (Å²) >= 11 is 0. The smallest absolute Gasteiger partial charge is 0.247 e. The minimum Gasteiger partial charge on any atom is -0.325 e. The lowest BCUT2D eigenvalue weighted by molar-refractivity contribution is -0.119. The number of aryl methyl sites for hydroxylation is 1. The van der Waals surface area contributed by atoms with E-state index in [9.17, 15) is 4.79 Å². The van der Waals surface area contributed by atoms with Gasteiger partial charge in [0.05, 0.1) is 35.2 Å². The van der Waals surface area contributed by atoms with Crippen molar-refractivity contribution in [3.05, 3.63) is 60.6 Å². The second kappa shape index (κ2) is 6.36. The van der Waals surface area contributed by atoms with E-state index in [1.807, 2.05) is 62.1 Å². The van der Waals surface area contributed by atoms with E-state index in [-0.39, 0.29) is 5.91 Å². The highest BCUT2D eigenvalue weighted by Gasteiger charge is 2.38. The molecule has 1 amide bonds. The number of aromatic nitrogens is 6. The van der Waals surface area contributed by atoms with Crippen molar-refractivity contribution in [3.8, 4) is 11.3 Å². The zero-order valence-corrected chi connectivity index (χ0v) is 17.8. The number of nitrogens with zero attached hydrogens (tertiary/aromatic N) is 6. The van der Waals surface area contributed by atoms with Gasteiger partial charge in [-0.2, -0.15) is 10.1 Å². The fourth-order valence-electron chi connectivity index (χ4n) is 4.19. The molecule has 0 spiro atoms. The molecular formula is C23H20N8O. The van der Waals surface area contributed by atoms with Crippen molar-refractivity contribution < 1.29 is 4.79 Å². The molecular weight excluding hydrogens is 404 g/mol. The molecule has 0 aliphatic carbocycles. The molecule has 6 rings (SSSR count). The Labute approximate surface area is 183 Å². The normalized spacial score (nSPS) is 14.7. The van der Waals surface area contributed by atoms with Crippen LogP contribution in [-0.4, -0.2) is 35.3 Å². The Morgan fingerprint density at radius 1 is 1.06 bits per heavy atom. The molecule has 0 saturated carbocycles. The summed E-state index contributed by atoms with van der Waals surface area (Å²) in [7, 11) is 1.92. The molecule has 1 aliphatic heterocycles. The minimum absolute atomic E-state index is 0.00296. The number of fused-ring (bicyclic) bond motifs is 3. The third-order valence-corrected chi connectivity index (χ3v) is 6.05. The van der Waals surface area contributed by atoms with Crippen LogP contribution in [0.15, 0.2) is 55.0 Å². The number of carbonyl (C=O) groups is 1. The average Bonchev–Trinajstić information content (AvgIpc) is 3.41. The summed E-state index contributed by atoms with van der Waals surface area (Å²) < 4.78 is 3.61. The van der Waals surface area contributed by atoms with Gasteiger partial charge in [0.15, 0.2) is 5.65 Å². The predicted molar refractivity (Wildman–Crippen MR) is 122 cm³/mol. The second-order valence-electron chi connectivity index (χ2n) is 8.50. The molecule has 5 aromatic rings. The molecule has 4 heterocycles. The largest absolute Gasteiger partial charge is 0.325 e. The Morgan fingerprint density at radius 3 is 2.81 bits per heavy atom. The molecule has 2 N–H and O–H groups in total. The zero-order chi connectivity index (χ0) is 22.0. The van der Waals surface area contributed by atoms with Crippen molar-refractivity contribution in [1.82, 2.24) is 29.4 Å². The van der Waals surface area contributed by atoms with Crippen LogP contribution in [0.3, 0.4) is 0 Å². The third-order valence-electron chi connectivity index (χ3n) is 6.05. The molecule has 0 fully saturated rings. The van der Waals surface area contributed by atoms with Crippen molar-refractivity contribution in [2.45, 2.75) is 19.3 Å². The van der Waals surface area contributed by atoms with Gasteiger partial charge in [0.1, 0.15) is 0 Å². The highest BCUT2D eigenvalue weighted by atomic mass is 16.2. The highest BCUT2D eigenvalue weighted by Crippen LogP contribution is 2.39. The lowest BCUT2D eigenvalue weighted by Crippen LogP contribution is -2.26. The fraction of sp³-hybridized carbons (Fsp3) is 0.174. The molecule has 32 heavy (non-hydrogen) atoms. The van der Waals surface area contributed by atoms with E-state index >= 15 is 0 Å². The molecule has 0 bridgehead atoms. The summed E-state index contributed by atoms with van der Waals surface area (Å²) in [5.41, 5.74) is 5.54. The van der Waals surface area contributed by atoms with Gasteiger partial charge in [0, 0.05) is 29.4 Å². The van der Waals surface area contributed by atoms with Crippen molar-refractivity contribution in [3.63, 3.8) is 0 Å². The lowest BCUT2D eigenvalue weighted by Gasteiger charge is -2.14. The van der Waals surface area contributed by atoms with Gasteiger partial charge in [-0.15, -0.1) is 5.10 Å². The summed E-state index contributed by atoms with van der Waals surface area (Å²) in [6.45, 7) is 3.84. The Hall–Kier alpha value is -4.27. The zero-order valence-electron chi connectivity index (χ0n) is 17.8. The van der Waals surface area contributed by atoms with E-state index in [1.54, 1.807) is 16.9 Å². The van der Waals surface area contributed by atoms with E-state index in [1.165, 1.54) is 0 Å². The number of carbonyl (C=O) groups excluding carboxylic acids is 1. The summed E-state index contributed by atoms with van der Waals surface area (Å²) in [4.78, 5) is 21.1. The van der Waals surface area contributed by atoms with E-state index in [2.05, 4.69) is 36.9 Å². The van der Waals surface area contributed by atoms with Gasteiger partial charge in [-0.3, -0.25) is 14.5 Å². The summed E-state index contributed by atoms with van der Waals surface area (Å²) in [5.74, 6) is 0.446. The maximum atomic E-state index is 12.2. The number of hydrogen-bond donors (Lipinski definition) is 2. The van der Waals surface area contributed by atoms with Crippen molar-refractivity contribution >= 4 is 39.8 Å². The van der Waals surface area contributed by atoms with Crippen molar-refractivity contribution in [1.29, 1.82) is 0 Å². The topological polar surface area (TPSA) is 102 Å². The first-order valence-corrected chi connectivity index (χ1v) is 10.3. The number of benzene rings is 2. The first-order chi connectivity index (χ1) is 15.4. The first-order valence-electron chi connectivity index (χ1n) is 10.3. The Morgan fingerprint density at radius 2 is 1.94 bits per heavy atom. The average molecular weight is 424 g/mol. The highest BCUT2D eigenvalue weighted by molar-refractivity contribution is 6.06. The molecule has 9 nitrogen and oxygen atoms in total. The van der Waals surface area contributed by atoms with Crippen LogP contribution >= 0.6 is 0 Å². The number of rotatable bonds is 3. The monoisotopic (exact) mass is 424 g/mol. The Kier molecular flexibility index (Phi) is 3.68. The predicted octanol–water partition coefficient (Wildman–Crippen LogP) is 3.65. The van der Waals surface area contributed by atoms with Crippen LogP contribution in [-0.2, 0) is 17.3 Å². The number of anilines is 3. The van der Waals surface area contributed by atoms with Gasteiger partial charge in [0.2, 0.25) is 11.9 Å². The Balaban J connectivity index is 1.37. The quantitative estimate of drug-likeness (QED) is 0.458. The summed E-state index contributed by atoms with van der Waals surface area (Å²) in [6, 6.07) is 11.9. The van der Waals surface area contributed by atoms with E-state index in [0.717, 1.165) is 39.1 Å². The number of amides is 1. The van der Waals surface area contributed by atoms with Crippen LogP contribution in [0.25, 0.3) is 27.8 Å². The standard InChI is InChI=1S/C23H20N8O/c1-23(2)16-6-5-15(9-17(16)27-21(23)32)26-22-28-20-12-24-11-19(31(20)29-22)13-4-7-18-14(8-13)10-25-30(18)3/h4-12H,1-3H3,(H,26,29)(H,27,32). The van der Waals surface area contributed by atoms with E-state index < -0.39 is 5.41 Å². The number of nitrogens with one attached hydrogen (secondary N) is 2. The van der Waals surface area contributed by atoms with Gasteiger partial charge >= 0.3 is 0 Å². The molecule has 2 aromatic carbocycles. The van der Waals surface area contributed by atoms with Crippen LogP contribution < -0.4 is 10.6 Å². The summed E-state index contributed by atoms with van der Waals surface area (Å²) in [5, 5.41) is 16.2. The van der Waals surface area contributed by atoms with E-state index in [0.29, 0.717) is 11.6 Å². The first kappa shape index (κ1) is 18.5. The van der Waals surface area contributed by atoms with Gasteiger partial charge in [-0.05, 0) is 43.7 Å². The lowest BCUT2D eigenvalue weighted by atomic mass is 9.86. The van der Waals surface area contributed by atoms with Gasteiger partial charge < -0.3 is 10.6 Å². The summed E-state index contributed by atoms with van der Waals surface area (Å²) in [6.07, 6.45) is 5.29. The fourth-order valence-corrected chi connectivity index (χ4v) is 4.19. The molecule has 1 aliphatic rings. The third kappa shape index (κ3) is 2.67. The van der Waals surface area contributed by atoms with Crippen molar-refractivity contribution in [2.75, 3.05) is 10.6 Å². The second-order valence-corrected chi connectivity index (χ2v) is 8.50. The van der Waals surface area contributed by atoms with Crippen LogP contribution in [0, 0.1) is 0 Å². The van der Waals surface area contributed by atoms with Gasteiger partial charge in [-0.25, -0.2) is 4.52 Å². The van der Waals surface area contributed by atoms with Crippen LogP contribution in [0.4, 0.5) is 17.3 Å². The Bertz CT molecular complexity index is 1540. The van der Waals surface area contributed by atoms with Gasteiger partial charge in [0.25, 0.3) is 0 Å². The molecule has 9 heteroatoms. The van der Waals surface area contributed by atoms with Crippen LogP contribution in [0.1, 0.15) is 19.4 Å². The molecule has 158 valence electrons. The minimum atomic E-state index is -0.537. The molecule has 0 saturated heterocycles. The van der Waals surface area contributed by atoms with Crippen molar-refractivity contribution in [2.24, 2.45) is 7.05 Å². The van der Waals surface area contributed by atoms with Gasteiger partial charge in [-0.1, -0.05) is 12.1 Å².